The van der Waals surface area contributed by atoms with Gasteiger partial charge in [-0.3, -0.25) is 9.36 Å². The Morgan fingerprint density at radius 2 is 2.38 bits per heavy atom. The Bertz CT molecular complexity index is 412. The fourth-order valence-corrected chi connectivity index (χ4v) is 2.48. The molecular weight excluding hydrogens is 190 g/mol. The summed E-state index contributed by atoms with van der Waals surface area (Å²) in [6.45, 7) is 0. The number of pyridine rings is 1. The minimum absolute atomic E-state index is 0.241. The van der Waals surface area contributed by atoms with E-state index < -0.39 is 12.0 Å². The molecule has 0 spiro atoms. The number of aromatic nitrogens is 1. The van der Waals surface area contributed by atoms with E-state index in [1.165, 1.54) is 22.4 Å². The molecule has 0 saturated heterocycles. The Balaban J connectivity index is 2.58. The minimum Gasteiger partial charge on any atom is -0.480 e. The molecule has 2 heterocycles. The zero-order valence-electron chi connectivity index (χ0n) is 6.64. The van der Waals surface area contributed by atoms with Crippen molar-refractivity contribution < 1.29 is 9.90 Å². The molecule has 1 atom stereocenters. The van der Waals surface area contributed by atoms with Crippen LogP contribution in [0.25, 0.3) is 0 Å². The number of hydrogen-bond acceptors (Lipinski definition) is 3. The van der Waals surface area contributed by atoms with Gasteiger partial charge in [-0.15, -0.1) is 11.8 Å². The standard InChI is InChI=1S/C8H7NO3S/c10-6-2-1-3-7-9(6)5(4-13-7)8(11)12/h1-3,5H,4H2,(H,11,12)/t5-/m0/s1. The number of fused-ring (bicyclic) bond motifs is 1. The van der Waals surface area contributed by atoms with Crippen molar-refractivity contribution in [1.82, 2.24) is 4.57 Å². The Hall–Kier alpha value is -1.23. The fourth-order valence-electron chi connectivity index (χ4n) is 1.33. The average molecular weight is 197 g/mol. The van der Waals surface area contributed by atoms with Gasteiger partial charge in [-0.05, 0) is 6.07 Å². The van der Waals surface area contributed by atoms with E-state index in [9.17, 15) is 9.59 Å². The van der Waals surface area contributed by atoms with Gasteiger partial charge < -0.3 is 5.11 Å². The van der Waals surface area contributed by atoms with Crippen molar-refractivity contribution in [3.8, 4) is 0 Å². The van der Waals surface area contributed by atoms with Gasteiger partial charge in [-0.2, -0.15) is 0 Å². The molecule has 0 radical (unpaired) electrons. The highest BCUT2D eigenvalue weighted by atomic mass is 32.2. The van der Waals surface area contributed by atoms with Crippen LogP contribution < -0.4 is 5.56 Å². The molecule has 0 unspecified atom stereocenters. The normalized spacial score (nSPS) is 19.8. The van der Waals surface area contributed by atoms with Crippen LogP contribution in [-0.4, -0.2) is 21.4 Å². The van der Waals surface area contributed by atoms with Gasteiger partial charge in [0, 0.05) is 11.8 Å². The van der Waals surface area contributed by atoms with Gasteiger partial charge in [0.25, 0.3) is 5.56 Å². The molecule has 1 aromatic rings. The number of aliphatic carboxylic acids is 1. The van der Waals surface area contributed by atoms with Gasteiger partial charge in [-0.1, -0.05) is 6.07 Å². The number of hydrogen-bond donors (Lipinski definition) is 1. The highest BCUT2D eigenvalue weighted by Gasteiger charge is 2.28. The lowest BCUT2D eigenvalue weighted by molar-refractivity contribution is -0.140. The van der Waals surface area contributed by atoms with Crippen LogP contribution in [0.5, 0.6) is 0 Å². The quantitative estimate of drug-likeness (QED) is 0.715. The number of thioether (sulfide) groups is 1. The van der Waals surface area contributed by atoms with Crippen LogP contribution in [0.15, 0.2) is 28.0 Å². The molecule has 1 aliphatic heterocycles. The first-order chi connectivity index (χ1) is 6.20. The van der Waals surface area contributed by atoms with Crippen molar-refractivity contribution in [2.24, 2.45) is 0 Å². The maximum absolute atomic E-state index is 11.3. The minimum atomic E-state index is -0.945. The van der Waals surface area contributed by atoms with Crippen LogP contribution >= 0.6 is 11.8 Å². The van der Waals surface area contributed by atoms with Crippen molar-refractivity contribution in [1.29, 1.82) is 0 Å². The van der Waals surface area contributed by atoms with Gasteiger partial charge in [-0.25, -0.2) is 4.79 Å². The Labute approximate surface area is 78.2 Å². The summed E-state index contributed by atoms with van der Waals surface area (Å²) >= 11 is 1.40. The third-order valence-electron chi connectivity index (χ3n) is 1.94. The Morgan fingerprint density at radius 1 is 1.62 bits per heavy atom. The van der Waals surface area contributed by atoms with E-state index in [4.69, 9.17) is 5.11 Å². The molecule has 1 aliphatic rings. The number of rotatable bonds is 1. The van der Waals surface area contributed by atoms with Gasteiger partial charge in [0.2, 0.25) is 0 Å². The van der Waals surface area contributed by atoms with E-state index in [2.05, 4.69) is 0 Å². The second-order valence-corrected chi connectivity index (χ2v) is 3.78. The summed E-state index contributed by atoms with van der Waals surface area (Å²) in [5.74, 6) is -0.506. The zero-order chi connectivity index (χ0) is 9.42. The van der Waals surface area contributed by atoms with E-state index in [1.807, 2.05) is 0 Å². The summed E-state index contributed by atoms with van der Waals surface area (Å²) in [7, 11) is 0. The summed E-state index contributed by atoms with van der Waals surface area (Å²) in [6.07, 6.45) is 0. The number of carboxylic acid groups (broad SMARTS) is 1. The second-order valence-electron chi connectivity index (χ2n) is 2.74. The molecular formula is C8H7NO3S. The third-order valence-corrected chi connectivity index (χ3v) is 3.05. The smallest absolute Gasteiger partial charge is 0.327 e. The number of carbonyl (C=O) groups is 1. The molecule has 0 bridgehead atoms. The predicted molar refractivity (Wildman–Crippen MR) is 48.1 cm³/mol. The van der Waals surface area contributed by atoms with Gasteiger partial charge in [0.1, 0.15) is 6.04 Å². The molecule has 0 amide bonds. The first kappa shape index (κ1) is 8.37. The van der Waals surface area contributed by atoms with E-state index >= 15 is 0 Å². The highest BCUT2D eigenvalue weighted by Crippen LogP contribution is 2.30. The number of nitrogens with zero attached hydrogens (tertiary/aromatic N) is 1. The van der Waals surface area contributed by atoms with E-state index in [1.54, 1.807) is 12.1 Å². The molecule has 0 aliphatic carbocycles. The maximum Gasteiger partial charge on any atom is 0.327 e. The lowest BCUT2D eigenvalue weighted by atomic mass is 10.3. The SMILES string of the molecule is O=C(O)[C@@H]1CSc2cccc(=O)n21. The summed E-state index contributed by atoms with van der Waals surface area (Å²) in [5, 5.41) is 9.55. The monoisotopic (exact) mass is 197 g/mol. The van der Waals surface area contributed by atoms with Crippen molar-refractivity contribution >= 4 is 17.7 Å². The second kappa shape index (κ2) is 2.92. The third kappa shape index (κ3) is 1.25. The molecule has 2 rings (SSSR count). The van der Waals surface area contributed by atoms with Crippen molar-refractivity contribution in [3.63, 3.8) is 0 Å². The predicted octanol–water partition coefficient (Wildman–Crippen LogP) is 0.580. The topological polar surface area (TPSA) is 59.3 Å². The van der Waals surface area contributed by atoms with Crippen LogP contribution in [0.4, 0.5) is 0 Å². The molecule has 0 fully saturated rings. The summed E-state index contributed by atoms with van der Waals surface area (Å²) in [5.41, 5.74) is -0.241. The molecule has 68 valence electrons. The lowest BCUT2D eigenvalue weighted by Gasteiger charge is -2.06. The first-order valence-corrected chi connectivity index (χ1v) is 4.76. The van der Waals surface area contributed by atoms with E-state index in [-0.39, 0.29) is 5.56 Å². The fraction of sp³-hybridized carbons (Fsp3) is 0.250. The van der Waals surface area contributed by atoms with E-state index in [0.29, 0.717) is 5.75 Å². The van der Waals surface area contributed by atoms with Crippen LogP contribution in [0, 0.1) is 0 Å². The van der Waals surface area contributed by atoms with Crippen LogP contribution in [0.3, 0.4) is 0 Å². The highest BCUT2D eigenvalue weighted by molar-refractivity contribution is 7.99. The Morgan fingerprint density at radius 3 is 3.08 bits per heavy atom. The van der Waals surface area contributed by atoms with Crippen LogP contribution in [-0.2, 0) is 4.79 Å². The average Bonchev–Trinajstić information content (AvgIpc) is 2.49. The molecule has 13 heavy (non-hydrogen) atoms. The molecule has 0 aromatic carbocycles. The number of carboxylic acids is 1. The molecule has 5 heteroatoms. The van der Waals surface area contributed by atoms with Crippen molar-refractivity contribution in [2.45, 2.75) is 11.1 Å². The molecule has 1 aromatic heterocycles. The van der Waals surface area contributed by atoms with Crippen molar-refractivity contribution in [2.75, 3.05) is 5.75 Å². The molecule has 4 nitrogen and oxygen atoms in total. The first-order valence-electron chi connectivity index (χ1n) is 3.77. The molecule has 1 N–H and O–H groups in total. The van der Waals surface area contributed by atoms with Gasteiger partial charge >= 0.3 is 5.97 Å². The maximum atomic E-state index is 11.3. The van der Waals surface area contributed by atoms with E-state index in [0.717, 1.165) is 5.03 Å². The lowest BCUT2D eigenvalue weighted by Crippen LogP contribution is -2.27. The largest absolute Gasteiger partial charge is 0.480 e. The van der Waals surface area contributed by atoms with Crippen LogP contribution in [0.2, 0.25) is 0 Å². The zero-order valence-corrected chi connectivity index (χ0v) is 7.45. The van der Waals surface area contributed by atoms with Gasteiger partial charge in [0.15, 0.2) is 0 Å². The Kier molecular flexibility index (Phi) is 1.88. The summed E-state index contributed by atoms with van der Waals surface area (Å²) in [4.78, 5) is 22.1. The van der Waals surface area contributed by atoms with Crippen LogP contribution in [0.1, 0.15) is 6.04 Å². The van der Waals surface area contributed by atoms with Gasteiger partial charge in [0.05, 0.1) is 5.03 Å². The van der Waals surface area contributed by atoms with Crippen molar-refractivity contribution in [3.05, 3.63) is 28.6 Å². The summed E-state index contributed by atoms with van der Waals surface area (Å²) in [6, 6.07) is 4.08. The molecule has 0 saturated carbocycles. The summed E-state index contributed by atoms with van der Waals surface area (Å²) < 4.78 is 1.33.